The average Bonchev–Trinajstić information content (AvgIpc) is 2.45. The fourth-order valence-electron chi connectivity index (χ4n) is 1.50. The van der Waals surface area contributed by atoms with Crippen LogP contribution in [0, 0.1) is 24.7 Å². The van der Waals surface area contributed by atoms with E-state index in [1.165, 1.54) is 0 Å². The maximum Gasteiger partial charge on any atom is 0.103 e. The molecule has 2 rings (SSSR count). The van der Waals surface area contributed by atoms with E-state index in [-0.39, 0.29) is 0 Å². The predicted octanol–water partition coefficient (Wildman–Crippen LogP) is 4.06. The summed E-state index contributed by atoms with van der Waals surface area (Å²) < 4.78 is 0. The van der Waals surface area contributed by atoms with E-state index in [0.29, 0.717) is 16.8 Å². The minimum Gasteiger partial charge on any atom is -0.151 e. The second kappa shape index (κ2) is 5.48. The monoisotopic (exact) mass is 230 g/mol. The van der Waals surface area contributed by atoms with E-state index in [1.807, 2.05) is 36.4 Å². The Morgan fingerprint density at radius 3 is 2.22 bits per heavy atom. The molecule has 0 N–H and O–H groups in total. The van der Waals surface area contributed by atoms with Crippen molar-refractivity contribution < 1.29 is 0 Å². The molecule has 0 saturated carbocycles. The maximum atomic E-state index is 5.45. The quantitative estimate of drug-likeness (QED) is 0.549. The summed E-state index contributed by atoms with van der Waals surface area (Å²) in [6.07, 6.45) is 10.8. The van der Waals surface area contributed by atoms with Crippen molar-refractivity contribution in [3.8, 4) is 24.7 Å². The standard InChI is InChI=1S/C16H10N2/c1-3-13-9-8-12-16(15(13)4-2)18-17-14-10-6-5-7-11-14/h1-2,5-12H. The maximum absolute atomic E-state index is 5.45. The van der Waals surface area contributed by atoms with Crippen LogP contribution in [0.2, 0.25) is 0 Å². The third-order valence-electron chi connectivity index (χ3n) is 2.37. The van der Waals surface area contributed by atoms with Gasteiger partial charge in [0, 0.05) is 5.56 Å². The summed E-state index contributed by atoms with van der Waals surface area (Å²) in [5, 5.41) is 8.26. The lowest BCUT2D eigenvalue weighted by atomic mass is 10.1. The van der Waals surface area contributed by atoms with Crippen LogP contribution in [0.1, 0.15) is 11.1 Å². The smallest absolute Gasteiger partial charge is 0.103 e. The van der Waals surface area contributed by atoms with Gasteiger partial charge in [-0.2, -0.15) is 5.11 Å². The molecule has 84 valence electrons. The highest BCUT2D eigenvalue weighted by atomic mass is 15.1. The highest BCUT2D eigenvalue weighted by molar-refractivity contribution is 5.62. The van der Waals surface area contributed by atoms with Gasteiger partial charge >= 0.3 is 0 Å². The first-order chi connectivity index (χ1) is 8.85. The molecule has 0 amide bonds. The zero-order valence-electron chi connectivity index (χ0n) is 9.67. The number of nitrogens with zero attached hydrogens (tertiary/aromatic N) is 2. The van der Waals surface area contributed by atoms with Crippen LogP contribution in [0.4, 0.5) is 11.4 Å². The van der Waals surface area contributed by atoms with Crippen molar-refractivity contribution in [2.75, 3.05) is 0 Å². The van der Waals surface area contributed by atoms with Gasteiger partial charge in [0.05, 0.1) is 11.3 Å². The molecule has 0 aromatic heterocycles. The molecule has 18 heavy (non-hydrogen) atoms. The van der Waals surface area contributed by atoms with Gasteiger partial charge in [0.2, 0.25) is 0 Å². The lowest BCUT2D eigenvalue weighted by Gasteiger charge is -2.00. The highest BCUT2D eigenvalue weighted by Gasteiger charge is 2.03. The summed E-state index contributed by atoms with van der Waals surface area (Å²) in [5.41, 5.74) is 2.63. The number of benzene rings is 2. The van der Waals surface area contributed by atoms with Crippen LogP contribution < -0.4 is 0 Å². The summed E-state index contributed by atoms with van der Waals surface area (Å²) in [7, 11) is 0. The zero-order chi connectivity index (χ0) is 12.8. The van der Waals surface area contributed by atoms with Crippen molar-refractivity contribution in [1.82, 2.24) is 0 Å². The van der Waals surface area contributed by atoms with Crippen LogP contribution in [0.25, 0.3) is 0 Å². The van der Waals surface area contributed by atoms with Gasteiger partial charge in [0.25, 0.3) is 0 Å². The average molecular weight is 230 g/mol. The third-order valence-corrected chi connectivity index (χ3v) is 2.37. The van der Waals surface area contributed by atoms with E-state index >= 15 is 0 Å². The molecule has 0 heterocycles. The minimum atomic E-state index is 0.597. The first-order valence-corrected chi connectivity index (χ1v) is 5.38. The number of terminal acetylenes is 2. The largest absolute Gasteiger partial charge is 0.151 e. The molecule has 0 radical (unpaired) electrons. The van der Waals surface area contributed by atoms with E-state index in [1.54, 1.807) is 12.1 Å². The van der Waals surface area contributed by atoms with Gasteiger partial charge in [-0.1, -0.05) is 36.1 Å². The highest BCUT2D eigenvalue weighted by Crippen LogP contribution is 2.24. The van der Waals surface area contributed by atoms with Crippen molar-refractivity contribution in [1.29, 1.82) is 0 Å². The van der Waals surface area contributed by atoms with Gasteiger partial charge in [-0.3, -0.25) is 0 Å². The van der Waals surface area contributed by atoms with Gasteiger partial charge in [-0.15, -0.1) is 18.0 Å². The van der Waals surface area contributed by atoms with Gasteiger partial charge in [0.1, 0.15) is 5.69 Å². The number of hydrogen-bond acceptors (Lipinski definition) is 2. The van der Waals surface area contributed by atoms with Crippen LogP contribution >= 0.6 is 0 Å². The summed E-state index contributed by atoms with van der Waals surface area (Å²) in [6, 6.07) is 14.8. The second-order valence-corrected chi connectivity index (χ2v) is 3.52. The van der Waals surface area contributed by atoms with Crippen LogP contribution in [0.3, 0.4) is 0 Å². The van der Waals surface area contributed by atoms with Gasteiger partial charge in [-0.25, -0.2) is 0 Å². The predicted molar refractivity (Wildman–Crippen MR) is 72.9 cm³/mol. The molecule has 0 aliphatic rings. The van der Waals surface area contributed by atoms with Crippen LogP contribution in [-0.4, -0.2) is 0 Å². The number of azo groups is 1. The molecule has 2 nitrogen and oxygen atoms in total. The molecule has 0 bridgehead atoms. The zero-order valence-corrected chi connectivity index (χ0v) is 9.67. The summed E-state index contributed by atoms with van der Waals surface area (Å²) in [6.45, 7) is 0. The van der Waals surface area contributed by atoms with Gasteiger partial charge < -0.3 is 0 Å². The fraction of sp³-hybridized carbons (Fsp3) is 0. The Morgan fingerprint density at radius 1 is 0.778 bits per heavy atom. The molecule has 0 aliphatic carbocycles. The first kappa shape index (κ1) is 11.6. The van der Waals surface area contributed by atoms with Gasteiger partial charge in [-0.05, 0) is 24.3 Å². The van der Waals surface area contributed by atoms with Gasteiger partial charge in [0.15, 0.2) is 0 Å². The van der Waals surface area contributed by atoms with Crippen molar-refractivity contribution in [3.63, 3.8) is 0 Å². The molecule has 2 aromatic carbocycles. The van der Waals surface area contributed by atoms with Crippen LogP contribution in [-0.2, 0) is 0 Å². The molecular formula is C16H10N2. The molecule has 0 aliphatic heterocycles. The molecule has 0 unspecified atom stereocenters. The van der Waals surface area contributed by atoms with Crippen molar-refractivity contribution in [2.45, 2.75) is 0 Å². The Hall–Kier alpha value is -2.84. The fourth-order valence-corrected chi connectivity index (χ4v) is 1.50. The lowest BCUT2D eigenvalue weighted by Crippen LogP contribution is -1.83. The summed E-state index contributed by atoms with van der Waals surface area (Å²) >= 11 is 0. The topological polar surface area (TPSA) is 24.7 Å². The Balaban J connectivity index is 2.40. The number of hydrogen-bond donors (Lipinski definition) is 0. The Labute approximate surface area is 106 Å². The van der Waals surface area contributed by atoms with Crippen molar-refractivity contribution >= 4 is 11.4 Å². The molecular weight excluding hydrogens is 220 g/mol. The Kier molecular flexibility index (Phi) is 3.54. The molecule has 2 aromatic rings. The van der Waals surface area contributed by atoms with E-state index in [9.17, 15) is 0 Å². The van der Waals surface area contributed by atoms with E-state index in [4.69, 9.17) is 12.8 Å². The van der Waals surface area contributed by atoms with Crippen LogP contribution in [0.15, 0.2) is 58.8 Å². The lowest BCUT2D eigenvalue weighted by molar-refractivity contribution is 1.22. The summed E-state index contributed by atoms with van der Waals surface area (Å²) in [5.74, 6) is 5.10. The number of rotatable bonds is 2. The van der Waals surface area contributed by atoms with E-state index < -0.39 is 0 Å². The molecule has 0 spiro atoms. The third kappa shape index (κ3) is 2.45. The normalized spacial score (nSPS) is 9.89. The van der Waals surface area contributed by atoms with E-state index in [0.717, 1.165) is 5.69 Å². The van der Waals surface area contributed by atoms with Crippen molar-refractivity contribution in [3.05, 3.63) is 59.7 Å². The molecule has 2 heteroatoms. The molecule has 0 atom stereocenters. The second-order valence-electron chi connectivity index (χ2n) is 3.52. The first-order valence-electron chi connectivity index (χ1n) is 5.38. The van der Waals surface area contributed by atoms with Crippen LogP contribution in [0.5, 0.6) is 0 Å². The Bertz CT molecular complexity index is 656. The Morgan fingerprint density at radius 2 is 1.56 bits per heavy atom. The molecule has 0 fully saturated rings. The van der Waals surface area contributed by atoms with E-state index in [2.05, 4.69) is 22.1 Å². The SMILES string of the molecule is C#Cc1cccc(N=Nc2ccccc2)c1C#C. The summed E-state index contributed by atoms with van der Waals surface area (Å²) in [4.78, 5) is 0. The molecule has 0 saturated heterocycles. The minimum absolute atomic E-state index is 0.597. The van der Waals surface area contributed by atoms with Crippen molar-refractivity contribution in [2.24, 2.45) is 10.2 Å².